The molecule has 1 aliphatic rings. The highest BCUT2D eigenvalue weighted by atomic mass is 32.1. The first kappa shape index (κ1) is 14.0. The number of rotatable bonds is 5. The molecule has 104 valence electrons. The number of hydrogen-bond donors (Lipinski definition) is 2. The van der Waals surface area contributed by atoms with E-state index in [0.29, 0.717) is 11.0 Å². The van der Waals surface area contributed by atoms with Crippen LogP contribution in [-0.4, -0.2) is 27.9 Å². The van der Waals surface area contributed by atoms with Gasteiger partial charge in [-0.15, -0.1) is 0 Å². The third-order valence-corrected chi connectivity index (χ3v) is 4.69. The van der Waals surface area contributed by atoms with Crippen LogP contribution in [0.15, 0.2) is 0 Å². The van der Waals surface area contributed by atoms with Crippen LogP contribution in [0.3, 0.4) is 0 Å². The minimum atomic E-state index is -1.15. The number of carboxylic acid groups (broad SMARTS) is 1. The van der Waals surface area contributed by atoms with Gasteiger partial charge < -0.3 is 10.4 Å². The summed E-state index contributed by atoms with van der Waals surface area (Å²) in [7, 11) is 0. The van der Waals surface area contributed by atoms with Crippen LogP contribution in [0.2, 0.25) is 0 Å². The number of thiazole rings is 1. The van der Waals surface area contributed by atoms with Gasteiger partial charge in [0.05, 0.1) is 0 Å². The zero-order chi connectivity index (χ0) is 14.0. The number of ketones is 1. The van der Waals surface area contributed by atoms with Crippen LogP contribution < -0.4 is 5.32 Å². The van der Waals surface area contributed by atoms with Crippen LogP contribution >= 0.6 is 11.3 Å². The summed E-state index contributed by atoms with van der Waals surface area (Å²) in [5.74, 6) is -0.794. The zero-order valence-corrected chi connectivity index (χ0v) is 11.9. The fourth-order valence-electron chi connectivity index (χ4n) is 2.54. The van der Waals surface area contributed by atoms with Crippen molar-refractivity contribution >= 4 is 28.2 Å². The number of nitrogens with one attached hydrogen (secondary N) is 1. The minimum Gasteiger partial charge on any atom is -0.476 e. The van der Waals surface area contributed by atoms with E-state index in [1.54, 1.807) is 0 Å². The number of carboxylic acids is 1. The highest BCUT2D eigenvalue weighted by molar-refractivity contribution is 7.17. The number of anilines is 1. The molecule has 0 radical (unpaired) electrons. The Balaban J connectivity index is 2.14. The molecular weight excluding hydrogens is 264 g/mol. The average molecular weight is 282 g/mol. The van der Waals surface area contributed by atoms with Crippen molar-refractivity contribution in [3.63, 3.8) is 0 Å². The molecule has 0 spiro atoms. The number of nitrogens with zero attached hydrogens (tertiary/aromatic N) is 1. The van der Waals surface area contributed by atoms with Crippen molar-refractivity contribution in [2.75, 3.05) is 5.32 Å². The van der Waals surface area contributed by atoms with Gasteiger partial charge in [-0.2, -0.15) is 0 Å². The van der Waals surface area contributed by atoms with Gasteiger partial charge in [-0.05, 0) is 25.7 Å². The number of hydrogen-bond acceptors (Lipinski definition) is 5. The molecule has 2 rings (SSSR count). The first-order chi connectivity index (χ1) is 8.99. The van der Waals surface area contributed by atoms with E-state index in [1.165, 1.54) is 32.6 Å². The van der Waals surface area contributed by atoms with Crippen molar-refractivity contribution < 1.29 is 14.7 Å². The summed E-state index contributed by atoms with van der Waals surface area (Å²) in [5.41, 5.74) is -0.140. The predicted molar refractivity (Wildman–Crippen MR) is 74.1 cm³/mol. The van der Waals surface area contributed by atoms with Gasteiger partial charge in [0.2, 0.25) is 0 Å². The molecule has 0 aliphatic heterocycles. The number of Topliss-reactive ketones (excluding diaryl/α,β-unsaturated/α-hetero) is 1. The van der Waals surface area contributed by atoms with Crippen molar-refractivity contribution in [3.05, 3.63) is 10.6 Å². The lowest BCUT2D eigenvalue weighted by Gasteiger charge is -2.19. The molecule has 1 fully saturated rings. The van der Waals surface area contributed by atoms with Crippen molar-refractivity contribution in [2.45, 2.75) is 45.6 Å². The first-order valence-corrected chi connectivity index (χ1v) is 7.32. The number of aromatic nitrogens is 1. The summed E-state index contributed by atoms with van der Waals surface area (Å²) in [5, 5.41) is 12.8. The molecule has 6 heteroatoms. The lowest BCUT2D eigenvalue weighted by molar-refractivity contribution is 0.0687. The summed E-state index contributed by atoms with van der Waals surface area (Å²) in [4.78, 5) is 26.7. The summed E-state index contributed by atoms with van der Waals surface area (Å²) in [6.07, 6.45) is 4.91. The van der Waals surface area contributed by atoms with Gasteiger partial charge in [-0.1, -0.05) is 24.2 Å². The lowest BCUT2D eigenvalue weighted by atomic mass is 10.0. The molecule has 2 N–H and O–H groups in total. The average Bonchev–Trinajstić information content (AvgIpc) is 2.97. The molecule has 1 heterocycles. The Morgan fingerprint density at radius 1 is 1.42 bits per heavy atom. The predicted octanol–water partition coefficient (Wildman–Crippen LogP) is 3.03. The molecule has 1 atom stereocenters. The Morgan fingerprint density at radius 3 is 2.53 bits per heavy atom. The second-order valence-electron chi connectivity index (χ2n) is 5.04. The van der Waals surface area contributed by atoms with Crippen molar-refractivity contribution in [3.8, 4) is 0 Å². The Morgan fingerprint density at radius 2 is 2.05 bits per heavy atom. The molecule has 0 bridgehead atoms. The van der Waals surface area contributed by atoms with Crippen LogP contribution in [0.4, 0.5) is 5.13 Å². The fraction of sp³-hybridized carbons (Fsp3) is 0.615. The summed E-state index contributed by atoms with van der Waals surface area (Å²) < 4.78 is 0. The third-order valence-electron chi connectivity index (χ3n) is 3.61. The number of aromatic carboxylic acids is 1. The second-order valence-corrected chi connectivity index (χ2v) is 6.03. The van der Waals surface area contributed by atoms with Gasteiger partial charge in [0.1, 0.15) is 4.88 Å². The van der Waals surface area contributed by atoms with E-state index in [2.05, 4.69) is 17.2 Å². The Bertz CT molecular complexity index is 461. The minimum absolute atomic E-state index is 0.140. The quantitative estimate of drug-likeness (QED) is 0.811. The third kappa shape index (κ3) is 3.12. The van der Waals surface area contributed by atoms with E-state index in [4.69, 9.17) is 5.11 Å². The maximum absolute atomic E-state index is 11.4. The van der Waals surface area contributed by atoms with Gasteiger partial charge in [0.15, 0.2) is 16.6 Å². The second kappa shape index (κ2) is 5.69. The Kier molecular flexibility index (Phi) is 4.19. The van der Waals surface area contributed by atoms with Crippen molar-refractivity contribution in [2.24, 2.45) is 5.92 Å². The van der Waals surface area contributed by atoms with Crippen molar-refractivity contribution in [1.29, 1.82) is 0 Å². The standard InChI is InChI=1S/C13H18N2O3S/c1-7(9-5-3-4-6-9)14-13-15-10(12(17)18)11(19-13)8(2)16/h7,9H,3-6H2,1-2H3,(H,14,15)(H,17,18). The lowest BCUT2D eigenvalue weighted by Crippen LogP contribution is -2.23. The maximum atomic E-state index is 11.4. The molecule has 5 nitrogen and oxygen atoms in total. The van der Waals surface area contributed by atoms with Gasteiger partial charge in [-0.3, -0.25) is 4.79 Å². The van der Waals surface area contributed by atoms with E-state index in [-0.39, 0.29) is 22.4 Å². The van der Waals surface area contributed by atoms with Gasteiger partial charge in [0.25, 0.3) is 0 Å². The van der Waals surface area contributed by atoms with E-state index in [0.717, 1.165) is 11.3 Å². The summed E-state index contributed by atoms with van der Waals surface area (Å²) >= 11 is 1.13. The number of carbonyl (C=O) groups excluding carboxylic acids is 1. The van der Waals surface area contributed by atoms with E-state index < -0.39 is 5.97 Å². The van der Waals surface area contributed by atoms with Crippen LogP contribution in [0.25, 0.3) is 0 Å². The molecule has 1 aromatic heterocycles. The molecule has 1 unspecified atom stereocenters. The smallest absolute Gasteiger partial charge is 0.356 e. The molecule has 0 aromatic carbocycles. The van der Waals surface area contributed by atoms with Crippen LogP contribution in [0, 0.1) is 5.92 Å². The monoisotopic (exact) mass is 282 g/mol. The summed E-state index contributed by atoms with van der Waals surface area (Å²) in [6, 6.07) is 0.259. The molecule has 19 heavy (non-hydrogen) atoms. The first-order valence-electron chi connectivity index (χ1n) is 6.50. The van der Waals surface area contributed by atoms with Crippen molar-refractivity contribution in [1.82, 2.24) is 4.98 Å². The molecule has 0 saturated heterocycles. The number of carbonyl (C=O) groups is 2. The normalized spacial score (nSPS) is 17.4. The topological polar surface area (TPSA) is 79.3 Å². The molecular formula is C13H18N2O3S. The van der Waals surface area contributed by atoms with E-state index >= 15 is 0 Å². The molecule has 0 amide bonds. The highest BCUT2D eigenvalue weighted by Crippen LogP contribution is 2.31. The fourth-order valence-corrected chi connectivity index (χ4v) is 3.48. The summed E-state index contributed by atoms with van der Waals surface area (Å²) in [6.45, 7) is 3.45. The molecule has 1 saturated carbocycles. The van der Waals surface area contributed by atoms with E-state index in [1.807, 2.05) is 0 Å². The van der Waals surface area contributed by atoms with Crippen LogP contribution in [0.1, 0.15) is 59.7 Å². The van der Waals surface area contributed by atoms with E-state index in [9.17, 15) is 9.59 Å². The van der Waals surface area contributed by atoms with Crippen LogP contribution in [0.5, 0.6) is 0 Å². The SMILES string of the molecule is CC(=O)c1sc(NC(C)C2CCCC2)nc1C(=O)O. The largest absolute Gasteiger partial charge is 0.476 e. The van der Waals surface area contributed by atoms with Gasteiger partial charge in [-0.25, -0.2) is 9.78 Å². The van der Waals surface area contributed by atoms with Gasteiger partial charge >= 0.3 is 5.97 Å². The van der Waals surface area contributed by atoms with Gasteiger partial charge in [0, 0.05) is 13.0 Å². The Hall–Kier alpha value is -1.43. The molecule has 1 aromatic rings. The molecule has 1 aliphatic carbocycles. The maximum Gasteiger partial charge on any atom is 0.356 e. The highest BCUT2D eigenvalue weighted by Gasteiger charge is 2.25. The van der Waals surface area contributed by atoms with Crippen LogP contribution in [-0.2, 0) is 0 Å². The zero-order valence-electron chi connectivity index (χ0n) is 11.1. The Labute approximate surface area is 116 Å².